The maximum atomic E-state index is 11.6. The van der Waals surface area contributed by atoms with Gasteiger partial charge >= 0.3 is 5.97 Å². The molecule has 5 heteroatoms. The van der Waals surface area contributed by atoms with E-state index >= 15 is 0 Å². The number of imidazole rings is 1. The van der Waals surface area contributed by atoms with Crippen LogP contribution in [0, 0.1) is 6.92 Å². The van der Waals surface area contributed by atoms with E-state index in [1.807, 2.05) is 22.7 Å². The summed E-state index contributed by atoms with van der Waals surface area (Å²) in [7, 11) is 0. The zero-order chi connectivity index (χ0) is 18.1. The van der Waals surface area contributed by atoms with E-state index in [2.05, 4.69) is 24.4 Å². The highest BCUT2D eigenvalue weighted by Crippen LogP contribution is 2.32. The van der Waals surface area contributed by atoms with Gasteiger partial charge in [0.15, 0.2) is 5.65 Å². The Balaban J connectivity index is 1.87. The first-order valence-electron chi connectivity index (χ1n) is 9.21. The summed E-state index contributed by atoms with van der Waals surface area (Å²) in [6, 6.07) is 12.0. The molecule has 2 heterocycles. The van der Waals surface area contributed by atoms with Crippen LogP contribution in [-0.4, -0.2) is 26.5 Å². The van der Waals surface area contributed by atoms with Crippen molar-refractivity contribution in [3.05, 3.63) is 53.7 Å². The number of carboxylic acid groups (broad SMARTS) is 1. The fourth-order valence-corrected chi connectivity index (χ4v) is 3.73. The van der Waals surface area contributed by atoms with Gasteiger partial charge in [-0.3, -0.25) is 4.40 Å². The molecule has 0 radical (unpaired) electrons. The molecule has 2 aromatic heterocycles. The van der Waals surface area contributed by atoms with Crippen molar-refractivity contribution >= 4 is 17.4 Å². The number of pyridine rings is 1. The summed E-state index contributed by atoms with van der Waals surface area (Å²) in [6.45, 7) is 2.05. The van der Waals surface area contributed by atoms with E-state index in [1.165, 1.54) is 24.8 Å². The summed E-state index contributed by atoms with van der Waals surface area (Å²) in [6.07, 6.45) is 7.92. The normalized spacial score (nSPS) is 15.3. The molecule has 0 spiro atoms. The molecule has 4 rings (SSSR count). The van der Waals surface area contributed by atoms with Gasteiger partial charge in [0.05, 0.1) is 0 Å². The summed E-state index contributed by atoms with van der Waals surface area (Å²) in [4.78, 5) is 16.4. The number of fused-ring (bicyclic) bond motifs is 1. The highest BCUT2D eigenvalue weighted by atomic mass is 16.4. The number of carbonyl (C=O) groups is 1. The maximum absolute atomic E-state index is 11.6. The molecule has 134 valence electrons. The molecule has 0 atom stereocenters. The molecule has 3 aromatic rings. The van der Waals surface area contributed by atoms with Crippen LogP contribution in [-0.2, 0) is 0 Å². The van der Waals surface area contributed by atoms with Gasteiger partial charge in [0.2, 0.25) is 0 Å². The number of rotatable bonds is 4. The summed E-state index contributed by atoms with van der Waals surface area (Å²) in [5.74, 6) is -0.0703. The second-order valence-corrected chi connectivity index (χ2v) is 7.07. The van der Waals surface area contributed by atoms with E-state index in [-0.39, 0.29) is 5.56 Å². The molecule has 1 saturated carbocycles. The Bertz CT molecular complexity index is 938. The monoisotopic (exact) mass is 349 g/mol. The maximum Gasteiger partial charge on any atom is 0.339 e. The van der Waals surface area contributed by atoms with Crippen molar-refractivity contribution in [1.29, 1.82) is 0 Å². The fourth-order valence-electron chi connectivity index (χ4n) is 3.73. The van der Waals surface area contributed by atoms with Crippen molar-refractivity contribution < 1.29 is 9.90 Å². The lowest BCUT2D eigenvalue weighted by Gasteiger charge is -2.24. The number of aromatic carboxylic acids is 1. The Kier molecular flexibility index (Phi) is 4.37. The Morgan fingerprint density at radius 1 is 1.15 bits per heavy atom. The lowest BCUT2D eigenvalue weighted by molar-refractivity contribution is 0.0698. The van der Waals surface area contributed by atoms with E-state index < -0.39 is 5.97 Å². The van der Waals surface area contributed by atoms with Gasteiger partial charge in [-0.1, -0.05) is 49.1 Å². The molecular formula is C21H23N3O2. The molecule has 26 heavy (non-hydrogen) atoms. The Hall–Kier alpha value is -2.82. The average Bonchev–Trinajstić information content (AvgIpc) is 3.01. The van der Waals surface area contributed by atoms with Gasteiger partial charge < -0.3 is 10.4 Å². The van der Waals surface area contributed by atoms with Gasteiger partial charge in [-0.15, -0.1) is 0 Å². The molecule has 0 amide bonds. The first-order chi connectivity index (χ1) is 12.6. The van der Waals surface area contributed by atoms with E-state index in [0.29, 0.717) is 11.7 Å². The molecule has 0 unspecified atom stereocenters. The third kappa shape index (κ3) is 3.05. The zero-order valence-electron chi connectivity index (χ0n) is 14.9. The molecule has 2 N–H and O–H groups in total. The first kappa shape index (κ1) is 16.6. The van der Waals surface area contributed by atoms with Crippen LogP contribution in [0.5, 0.6) is 0 Å². The molecule has 1 aliphatic rings. The number of hydrogen-bond acceptors (Lipinski definition) is 3. The van der Waals surface area contributed by atoms with Gasteiger partial charge in [-0.25, -0.2) is 9.78 Å². The fraction of sp³-hybridized carbons (Fsp3) is 0.333. The zero-order valence-corrected chi connectivity index (χ0v) is 14.9. The van der Waals surface area contributed by atoms with Crippen LogP contribution in [0.25, 0.3) is 16.9 Å². The molecule has 0 saturated heterocycles. The Morgan fingerprint density at radius 2 is 1.88 bits per heavy atom. The number of nitrogens with one attached hydrogen (secondary N) is 1. The first-order valence-corrected chi connectivity index (χ1v) is 9.21. The van der Waals surface area contributed by atoms with E-state index in [9.17, 15) is 9.90 Å². The number of carboxylic acids is 1. The average molecular weight is 349 g/mol. The lowest BCUT2D eigenvalue weighted by atomic mass is 9.95. The highest BCUT2D eigenvalue weighted by molar-refractivity contribution is 5.96. The number of benzene rings is 1. The van der Waals surface area contributed by atoms with Crippen LogP contribution in [0.3, 0.4) is 0 Å². The van der Waals surface area contributed by atoms with Crippen LogP contribution in [0.4, 0.5) is 5.82 Å². The minimum Gasteiger partial charge on any atom is -0.478 e. The second kappa shape index (κ2) is 6.83. The quantitative estimate of drug-likeness (QED) is 0.713. The van der Waals surface area contributed by atoms with Crippen molar-refractivity contribution in [3.63, 3.8) is 0 Å². The number of nitrogens with zero attached hydrogens (tertiary/aromatic N) is 2. The number of anilines is 1. The highest BCUT2D eigenvalue weighted by Gasteiger charge is 2.22. The minimum absolute atomic E-state index is 0.220. The summed E-state index contributed by atoms with van der Waals surface area (Å²) in [5.41, 5.74) is 3.69. The van der Waals surface area contributed by atoms with Gasteiger partial charge in [0.1, 0.15) is 17.1 Å². The van der Waals surface area contributed by atoms with Crippen LogP contribution >= 0.6 is 0 Å². The molecule has 1 aliphatic carbocycles. The van der Waals surface area contributed by atoms with Crippen molar-refractivity contribution in [2.75, 3.05) is 5.32 Å². The number of aromatic nitrogens is 2. The third-order valence-electron chi connectivity index (χ3n) is 5.15. The Morgan fingerprint density at radius 3 is 2.58 bits per heavy atom. The number of hydrogen-bond donors (Lipinski definition) is 2. The van der Waals surface area contributed by atoms with Crippen LogP contribution in [0.1, 0.15) is 48.0 Å². The minimum atomic E-state index is -0.958. The Labute approximate surface area is 152 Å². The molecule has 0 aliphatic heterocycles. The largest absolute Gasteiger partial charge is 0.478 e. The number of aryl methyl sites for hydroxylation is 1. The SMILES string of the molecule is Cc1ccc(-c2nc3c(C(=O)O)cccn3c2NC2CCCCC2)cc1. The van der Waals surface area contributed by atoms with Crippen LogP contribution < -0.4 is 5.32 Å². The van der Waals surface area contributed by atoms with Gasteiger partial charge in [0, 0.05) is 17.8 Å². The van der Waals surface area contributed by atoms with Crippen molar-refractivity contribution in [3.8, 4) is 11.3 Å². The molecule has 1 aromatic carbocycles. The molecular weight excluding hydrogens is 326 g/mol. The van der Waals surface area contributed by atoms with Crippen molar-refractivity contribution in [1.82, 2.24) is 9.38 Å². The van der Waals surface area contributed by atoms with Crippen molar-refractivity contribution in [2.24, 2.45) is 0 Å². The summed E-state index contributed by atoms with van der Waals surface area (Å²) in [5, 5.41) is 13.2. The van der Waals surface area contributed by atoms with E-state index in [4.69, 9.17) is 4.98 Å². The molecule has 0 bridgehead atoms. The van der Waals surface area contributed by atoms with Gasteiger partial charge in [-0.05, 0) is 31.9 Å². The third-order valence-corrected chi connectivity index (χ3v) is 5.15. The summed E-state index contributed by atoms with van der Waals surface area (Å²) < 4.78 is 1.88. The summed E-state index contributed by atoms with van der Waals surface area (Å²) >= 11 is 0. The predicted octanol–water partition coefficient (Wildman–Crippen LogP) is 4.75. The van der Waals surface area contributed by atoms with Crippen molar-refractivity contribution in [2.45, 2.75) is 45.1 Å². The van der Waals surface area contributed by atoms with E-state index in [1.54, 1.807) is 12.1 Å². The second-order valence-electron chi connectivity index (χ2n) is 7.07. The van der Waals surface area contributed by atoms with Crippen LogP contribution in [0.2, 0.25) is 0 Å². The van der Waals surface area contributed by atoms with E-state index in [0.717, 1.165) is 29.9 Å². The smallest absolute Gasteiger partial charge is 0.339 e. The lowest BCUT2D eigenvalue weighted by Crippen LogP contribution is -2.23. The molecule has 1 fully saturated rings. The standard InChI is InChI=1S/C21H23N3O2/c1-14-9-11-15(12-10-14)18-20(22-16-6-3-2-4-7-16)24-13-5-8-17(21(25)26)19(24)23-18/h5,8-13,16,22H,2-4,6-7H2,1H3,(H,25,26). The van der Waals surface area contributed by atoms with Gasteiger partial charge in [0.25, 0.3) is 0 Å². The predicted molar refractivity (Wildman–Crippen MR) is 103 cm³/mol. The van der Waals surface area contributed by atoms with Crippen LogP contribution in [0.15, 0.2) is 42.6 Å². The molecule has 5 nitrogen and oxygen atoms in total. The van der Waals surface area contributed by atoms with Gasteiger partial charge in [-0.2, -0.15) is 0 Å². The topological polar surface area (TPSA) is 66.6 Å².